The van der Waals surface area contributed by atoms with Crippen molar-refractivity contribution in [1.29, 1.82) is 0 Å². The number of carbonyl (C=O) groups excluding carboxylic acids is 2. The minimum Gasteiger partial charge on any atom is -0.462 e. The van der Waals surface area contributed by atoms with E-state index in [0.29, 0.717) is 24.9 Å². The van der Waals surface area contributed by atoms with Gasteiger partial charge in [-0.15, -0.1) is 17.0 Å². The maximum atomic E-state index is 12.7. The highest BCUT2D eigenvalue weighted by molar-refractivity contribution is 8.93. The summed E-state index contributed by atoms with van der Waals surface area (Å²) in [7, 11) is 0. The molecule has 3 aliphatic rings. The van der Waals surface area contributed by atoms with Gasteiger partial charge in [-0.05, 0) is 5.56 Å². The number of Topliss-reactive ketones (excluding diaryl/α,β-unsaturated/α-hetero) is 1. The van der Waals surface area contributed by atoms with Crippen molar-refractivity contribution in [1.82, 2.24) is 4.90 Å². The molecule has 2 aromatic rings. The molecule has 2 aromatic carbocycles. The first-order chi connectivity index (χ1) is 14.7. The molecule has 1 N–H and O–H groups in total. The van der Waals surface area contributed by atoms with E-state index in [1.54, 1.807) is 0 Å². The SMILES string of the molecule is Br.O=C(CN1C2CC(OC(=O)C(CO)c3ccccc3)CC1C1OC12)c1ccccc1. The number of benzene rings is 2. The van der Waals surface area contributed by atoms with Gasteiger partial charge in [0.15, 0.2) is 5.78 Å². The Morgan fingerprint density at radius 2 is 1.58 bits per heavy atom. The monoisotopic (exact) mass is 487 g/mol. The van der Waals surface area contributed by atoms with E-state index in [0.717, 1.165) is 5.56 Å². The highest BCUT2D eigenvalue weighted by Gasteiger charge is 2.64. The second kappa shape index (κ2) is 9.20. The Hall–Kier alpha value is -2.06. The second-order valence-corrected chi connectivity index (χ2v) is 8.34. The van der Waals surface area contributed by atoms with Crippen LogP contribution in [0.4, 0.5) is 0 Å². The number of aliphatic hydroxyl groups excluding tert-OH is 1. The number of hydrogen-bond donors (Lipinski definition) is 1. The average molecular weight is 488 g/mol. The zero-order valence-corrected chi connectivity index (χ0v) is 18.7. The standard InChI is InChI=1S/C24H25NO5.BrH/c26-14-18(15-7-3-1-4-8-15)24(28)29-17-11-19-22-23(30-22)20(12-17)25(19)13-21(27)16-9-5-2-6-10-16;/h1-10,17-20,22-23,26H,11-14H2;1H. The van der Waals surface area contributed by atoms with E-state index in [9.17, 15) is 14.7 Å². The lowest BCUT2D eigenvalue weighted by Crippen LogP contribution is -2.52. The van der Waals surface area contributed by atoms with Gasteiger partial charge in [-0.25, -0.2) is 0 Å². The molecule has 3 heterocycles. The van der Waals surface area contributed by atoms with Crippen LogP contribution >= 0.6 is 17.0 Å². The summed E-state index contributed by atoms with van der Waals surface area (Å²) in [6.45, 7) is 0.0775. The quantitative estimate of drug-likeness (QED) is 0.367. The number of hydrogen-bond acceptors (Lipinski definition) is 6. The van der Waals surface area contributed by atoms with Crippen molar-refractivity contribution < 1.29 is 24.2 Å². The molecule has 0 spiro atoms. The lowest BCUT2D eigenvalue weighted by atomic mass is 9.96. The van der Waals surface area contributed by atoms with Crippen molar-refractivity contribution >= 4 is 28.7 Å². The highest BCUT2D eigenvalue weighted by Crippen LogP contribution is 2.49. The Morgan fingerprint density at radius 1 is 1.00 bits per heavy atom. The Morgan fingerprint density at radius 3 is 2.16 bits per heavy atom. The van der Waals surface area contributed by atoms with E-state index >= 15 is 0 Å². The third-order valence-electron chi connectivity index (χ3n) is 6.55. The third kappa shape index (κ3) is 4.32. The van der Waals surface area contributed by atoms with Gasteiger partial charge < -0.3 is 14.6 Å². The van der Waals surface area contributed by atoms with Gasteiger partial charge in [-0.1, -0.05) is 60.7 Å². The number of carbonyl (C=O) groups is 2. The first kappa shape index (κ1) is 22.1. The van der Waals surface area contributed by atoms with Crippen LogP contribution < -0.4 is 0 Å². The number of morpholine rings is 1. The van der Waals surface area contributed by atoms with Crippen molar-refractivity contribution in [3.63, 3.8) is 0 Å². The van der Waals surface area contributed by atoms with Crippen molar-refractivity contribution in [2.75, 3.05) is 13.2 Å². The number of epoxide rings is 1. The molecule has 7 heteroatoms. The van der Waals surface area contributed by atoms with Crippen LogP contribution in [0.3, 0.4) is 0 Å². The van der Waals surface area contributed by atoms with Crippen molar-refractivity contribution in [2.24, 2.45) is 0 Å². The summed E-state index contributed by atoms with van der Waals surface area (Å²) < 4.78 is 11.6. The summed E-state index contributed by atoms with van der Waals surface area (Å²) in [5, 5.41) is 9.73. The normalized spacial score (nSPS) is 29.4. The van der Waals surface area contributed by atoms with E-state index in [1.807, 2.05) is 60.7 Å². The molecule has 164 valence electrons. The van der Waals surface area contributed by atoms with Gasteiger partial charge in [0.05, 0.1) is 13.2 Å². The molecule has 6 nitrogen and oxygen atoms in total. The summed E-state index contributed by atoms with van der Waals surface area (Å²) in [6, 6.07) is 18.7. The van der Waals surface area contributed by atoms with Gasteiger partial charge >= 0.3 is 5.97 Å². The molecule has 3 aliphatic heterocycles. The van der Waals surface area contributed by atoms with Gasteiger partial charge in [0.2, 0.25) is 0 Å². The topological polar surface area (TPSA) is 79.4 Å². The fourth-order valence-corrected chi connectivity index (χ4v) is 5.01. The van der Waals surface area contributed by atoms with Gasteiger partial charge in [0, 0.05) is 30.5 Å². The molecule has 0 amide bonds. The zero-order valence-electron chi connectivity index (χ0n) is 17.0. The average Bonchev–Trinajstić information content (AvgIpc) is 3.53. The third-order valence-corrected chi connectivity index (χ3v) is 6.55. The number of fused-ring (bicyclic) bond motifs is 5. The number of esters is 1. The van der Waals surface area contributed by atoms with E-state index in [1.165, 1.54) is 0 Å². The Labute approximate surface area is 191 Å². The summed E-state index contributed by atoms with van der Waals surface area (Å²) in [5.74, 6) is -0.962. The lowest BCUT2D eigenvalue weighted by Gasteiger charge is -2.40. The zero-order chi connectivity index (χ0) is 20.7. The molecular weight excluding hydrogens is 462 g/mol. The van der Waals surface area contributed by atoms with Crippen LogP contribution in [0.25, 0.3) is 0 Å². The minimum atomic E-state index is -0.674. The highest BCUT2D eigenvalue weighted by atomic mass is 79.9. The molecule has 0 saturated carbocycles. The Bertz CT molecular complexity index is 906. The maximum absolute atomic E-state index is 12.7. The summed E-state index contributed by atoms with van der Waals surface area (Å²) in [5.41, 5.74) is 1.47. The van der Waals surface area contributed by atoms with Crippen molar-refractivity contribution in [3.8, 4) is 0 Å². The minimum absolute atomic E-state index is 0. The van der Waals surface area contributed by atoms with Crippen LogP contribution in [0.5, 0.6) is 0 Å². The smallest absolute Gasteiger partial charge is 0.316 e. The first-order valence-electron chi connectivity index (χ1n) is 10.5. The van der Waals surface area contributed by atoms with Crippen LogP contribution in [0.1, 0.15) is 34.7 Å². The van der Waals surface area contributed by atoms with E-state index in [2.05, 4.69) is 4.90 Å². The predicted molar refractivity (Wildman–Crippen MR) is 119 cm³/mol. The number of nitrogens with zero attached hydrogens (tertiary/aromatic N) is 1. The van der Waals surface area contributed by atoms with Gasteiger partial charge in [0.25, 0.3) is 0 Å². The number of rotatable bonds is 7. The van der Waals surface area contributed by atoms with Gasteiger partial charge in [0.1, 0.15) is 24.2 Å². The van der Waals surface area contributed by atoms with Gasteiger partial charge in [-0.3, -0.25) is 14.5 Å². The molecule has 0 aliphatic carbocycles. The second-order valence-electron chi connectivity index (χ2n) is 8.34. The van der Waals surface area contributed by atoms with Crippen LogP contribution in [0.15, 0.2) is 60.7 Å². The fraction of sp³-hybridized carbons (Fsp3) is 0.417. The molecule has 0 radical (unpaired) electrons. The largest absolute Gasteiger partial charge is 0.462 e. The Kier molecular flexibility index (Phi) is 6.57. The number of aliphatic hydroxyl groups is 1. The van der Waals surface area contributed by atoms with Crippen LogP contribution in [-0.2, 0) is 14.3 Å². The summed E-state index contributed by atoms with van der Waals surface area (Å²) >= 11 is 0. The molecule has 31 heavy (non-hydrogen) atoms. The summed E-state index contributed by atoms with van der Waals surface area (Å²) in [6.07, 6.45) is 1.34. The molecule has 0 aromatic heterocycles. The molecule has 3 fully saturated rings. The van der Waals surface area contributed by atoms with Crippen molar-refractivity contribution in [3.05, 3.63) is 71.8 Å². The van der Waals surface area contributed by atoms with Gasteiger partial charge in [-0.2, -0.15) is 0 Å². The fourth-order valence-electron chi connectivity index (χ4n) is 5.01. The number of ether oxygens (including phenoxy) is 2. The molecule has 5 rings (SSSR count). The molecule has 3 saturated heterocycles. The summed E-state index contributed by atoms with van der Waals surface area (Å²) in [4.78, 5) is 27.7. The van der Waals surface area contributed by atoms with Crippen LogP contribution in [0.2, 0.25) is 0 Å². The molecular formula is C24H26BrNO5. The Balaban J connectivity index is 0.00000231. The van der Waals surface area contributed by atoms with E-state index in [4.69, 9.17) is 9.47 Å². The van der Waals surface area contributed by atoms with Crippen LogP contribution in [-0.4, -0.2) is 65.3 Å². The van der Waals surface area contributed by atoms with Crippen LogP contribution in [0, 0.1) is 0 Å². The van der Waals surface area contributed by atoms with Crippen molar-refractivity contribution in [2.45, 2.75) is 49.2 Å². The van der Waals surface area contributed by atoms with E-state index < -0.39 is 11.9 Å². The molecule has 5 unspecified atom stereocenters. The lowest BCUT2D eigenvalue weighted by molar-refractivity contribution is -0.156. The first-order valence-corrected chi connectivity index (χ1v) is 10.5. The molecule has 2 bridgehead atoms. The number of piperidine rings is 1. The predicted octanol–water partition coefficient (Wildman–Crippen LogP) is 2.75. The van der Waals surface area contributed by atoms with E-state index in [-0.39, 0.29) is 59.8 Å². The number of ketones is 1. The molecule has 5 atom stereocenters. The maximum Gasteiger partial charge on any atom is 0.316 e. The number of halogens is 1.